The molecule has 2 unspecified atom stereocenters. The normalized spacial score (nSPS) is 31.9. The number of hydrogen-bond donors (Lipinski definition) is 2. The van der Waals surface area contributed by atoms with Gasteiger partial charge in [0.1, 0.15) is 24.3 Å². The molecule has 5 fully saturated rings. The minimum absolute atomic E-state index is 0.217. The van der Waals surface area contributed by atoms with Crippen molar-refractivity contribution in [2.45, 2.75) is 94.2 Å². The van der Waals surface area contributed by atoms with E-state index in [1.54, 1.807) is 6.07 Å². The summed E-state index contributed by atoms with van der Waals surface area (Å²) in [5, 5.41) is 16.3. The second-order valence-corrected chi connectivity index (χ2v) is 14.8. The first-order valence-electron chi connectivity index (χ1n) is 17.4. The van der Waals surface area contributed by atoms with E-state index in [2.05, 4.69) is 25.9 Å². The number of phenols is 1. The lowest BCUT2D eigenvalue weighted by atomic mass is 9.81. The highest BCUT2D eigenvalue weighted by atomic mass is 19.1. The molecule has 2 bridgehead atoms. The number of aromatic hydroxyl groups is 1. The molecule has 1 aromatic heterocycles. The first-order valence-corrected chi connectivity index (χ1v) is 17.4. The number of anilines is 2. The molecule has 0 spiro atoms. The van der Waals surface area contributed by atoms with E-state index in [1.807, 2.05) is 24.3 Å². The number of phenolic OH excluding ortho intramolecular Hbond substituents is 1. The summed E-state index contributed by atoms with van der Waals surface area (Å²) in [6.45, 7) is 4.13. The van der Waals surface area contributed by atoms with Crippen LogP contribution in [0.4, 0.5) is 15.9 Å². The summed E-state index contributed by atoms with van der Waals surface area (Å²) in [4.78, 5) is 17.4. The number of rotatable bonds is 5. The van der Waals surface area contributed by atoms with E-state index in [4.69, 9.17) is 21.1 Å². The van der Waals surface area contributed by atoms with Crippen LogP contribution in [0.25, 0.3) is 10.8 Å². The van der Waals surface area contributed by atoms with Crippen molar-refractivity contribution in [3.05, 3.63) is 47.2 Å². The Balaban J connectivity index is 1.07. The van der Waals surface area contributed by atoms with E-state index in [0.29, 0.717) is 56.2 Å². The fourth-order valence-electron chi connectivity index (χ4n) is 10.1. The molecular formula is C37H43FN6O2. The van der Waals surface area contributed by atoms with Crippen molar-refractivity contribution in [3.8, 4) is 24.1 Å². The molecule has 5 aliphatic heterocycles. The van der Waals surface area contributed by atoms with E-state index in [9.17, 15) is 5.11 Å². The van der Waals surface area contributed by atoms with Gasteiger partial charge in [0.25, 0.3) is 0 Å². The van der Waals surface area contributed by atoms with Crippen molar-refractivity contribution >= 4 is 22.3 Å². The Morgan fingerprint density at radius 1 is 1.04 bits per heavy atom. The van der Waals surface area contributed by atoms with Gasteiger partial charge in [-0.25, -0.2) is 4.39 Å². The van der Waals surface area contributed by atoms with E-state index in [-0.39, 0.29) is 11.3 Å². The molecule has 1 saturated carbocycles. The van der Waals surface area contributed by atoms with Crippen molar-refractivity contribution in [2.75, 3.05) is 42.6 Å². The van der Waals surface area contributed by atoms with Crippen molar-refractivity contribution in [1.82, 2.24) is 20.2 Å². The molecule has 1 aliphatic carbocycles. The molecule has 0 radical (unpaired) electrons. The van der Waals surface area contributed by atoms with Gasteiger partial charge < -0.3 is 25.0 Å². The van der Waals surface area contributed by atoms with Crippen molar-refractivity contribution in [2.24, 2.45) is 5.92 Å². The number of fused-ring (bicyclic) bond motifs is 7. The molecule has 2 N–H and O–H groups in total. The molecule has 6 aliphatic rings. The molecule has 6 atom stereocenters. The van der Waals surface area contributed by atoms with Gasteiger partial charge in [0, 0.05) is 79.0 Å². The van der Waals surface area contributed by atoms with Gasteiger partial charge in [-0.05, 0) is 62.0 Å². The van der Waals surface area contributed by atoms with Crippen LogP contribution in [0.2, 0.25) is 0 Å². The lowest BCUT2D eigenvalue weighted by molar-refractivity contribution is 0.0772. The number of nitrogens with zero attached hydrogens (tertiary/aromatic N) is 5. The number of hydrogen-bond acceptors (Lipinski definition) is 8. The summed E-state index contributed by atoms with van der Waals surface area (Å²) in [6.07, 6.45) is 14.8. The molecule has 46 heavy (non-hydrogen) atoms. The third-order valence-electron chi connectivity index (χ3n) is 12.0. The van der Waals surface area contributed by atoms with Gasteiger partial charge in [-0.1, -0.05) is 30.9 Å². The second kappa shape index (κ2) is 11.0. The van der Waals surface area contributed by atoms with Crippen molar-refractivity contribution in [3.63, 3.8) is 0 Å². The third kappa shape index (κ3) is 4.71. The SMILES string of the molecule is C#Cc1cccc2cc(O)cc(N3CCc4c(nc(OC[C@]56C[C@@H](F)CN5[C@H]5CCCC[C@H]5C6)nc4N4CC5CCC(C4)N5)C3)c12. The van der Waals surface area contributed by atoms with Crippen LogP contribution < -0.4 is 19.9 Å². The van der Waals surface area contributed by atoms with Gasteiger partial charge in [0.05, 0.1) is 17.8 Å². The van der Waals surface area contributed by atoms with E-state index in [1.165, 1.54) is 44.1 Å². The Morgan fingerprint density at radius 3 is 2.74 bits per heavy atom. The molecule has 8 nitrogen and oxygen atoms in total. The van der Waals surface area contributed by atoms with Crippen LogP contribution >= 0.6 is 0 Å². The zero-order valence-corrected chi connectivity index (χ0v) is 26.4. The van der Waals surface area contributed by atoms with Gasteiger partial charge in [-0.2, -0.15) is 9.97 Å². The monoisotopic (exact) mass is 622 g/mol. The van der Waals surface area contributed by atoms with Gasteiger partial charge in [0.2, 0.25) is 0 Å². The number of ether oxygens (including phenoxy) is 1. The smallest absolute Gasteiger partial charge is 0.318 e. The van der Waals surface area contributed by atoms with Gasteiger partial charge >= 0.3 is 6.01 Å². The van der Waals surface area contributed by atoms with E-state index < -0.39 is 6.17 Å². The number of halogens is 1. The fourth-order valence-corrected chi connectivity index (χ4v) is 10.1. The van der Waals surface area contributed by atoms with Crippen LogP contribution in [0, 0.1) is 18.3 Å². The molecule has 0 amide bonds. The van der Waals surface area contributed by atoms with Crippen LogP contribution in [0.1, 0.15) is 68.2 Å². The van der Waals surface area contributed by atoms with Crippen LogP contribution in [0.5, 0.6) is 11.8 Å². The molecule has 6 heterocycles. The number of nitrogens with one attached hydrogen (secondary N) is 1. The summed E-state index contributed by atoms with van der Waals surface area (Å²) in [7, 11) is 0. The number of alkyl halides is 1. The molecule has 3 aromatic rings. The maximum absolute atomic E-state index is 15.0. The summed E-state index contributed by atoms with van der Waals surface area (Å²) in [6, 6.07) is 11.3. The molecule has 9 heteroatoms. The predicted octanol–water partition coefficient (Wildman–Crippen LogP) is 4.94. The molecule has 9 rings (SSSR count). The first-order chi connectivity index (χ1) is 22.5. The van der Waals surface area contributed by atoms with Gasteiger partial charge in [0.15, 0.2) is 0 Å². The Hall–Kier alpha value is -3.61. The van der Waals surface area contributed by atoms with Crippen LogP contribution in [-0.4, -0.2) is 82.6 Å². The zero-order valence-electron chi connectivity index (χ0n) is 26.4. The van der Waals surface area contributed by atoms with Gasteiger partial charge in [-0.3, -0.25) is 4.90 Å². The Kier molecular flexibility index (Phi) is 6.83. The molecule has 2 aromatic carbocycles. The molecular weight excluding hydrogens is 579 g/mol. The largest absolute Gasteiger partial charge is 0.508 e. The summed E-state index contributed by atoms with van der Waals surface area (Å²) in [5.74, 6) is 4.70. The third-order valence-corrected chi connectivity index (χ3v) is 12.0. The Labute approximate surface area is 270 Å². The van der Waals surface area contributed by atoms with Crippen LogP contribution in [0.3, 0.4) is 0 Å². The lowest BCUT2D eigenvalue weighted by Crippen LogP contribution is -2.52. The Bertz CT molecular complexity index is 1710. The summed E-state index contributed by atoms with van der Waals surface area (Å²) in [5.41, 5.74) is 3.59. The number of benzene rings is 2. The summed E-state index contributed by atoms with van der Waals surface area (Å²) < 4.78 is 21.6. The first kappa shape index (κ1) is 28.6. The minimum Gasteiger partial charge on any atom is -0.508 e. The highest BCUT2D eigenvalue weighted by Gasteiger charge is 2.57. The Morgan fingerprint density at radius 2 is 1.89 bits per heavy atom. The standard InChI is InChI=1S/C37H43FN6O2/c1-2-23-7-5-8-24-14-29(45)15-33(34(23)24)42-13-12-30-31(21-42)40-36(41-35(30)43-19-27-10-11-28(20-43)39-27)46-22-37-16-25-6-3-4-9-32(25)44(37)18-26(38)17-37/h1,5,7-8,14-15,25-28,32,39,45H,3-4,6,9-13,16-22H2/t25-,26+,27?,28?,32-,37-/m0/s1. The summed E-state index contributed by atoms with van der Waals surface area (Å²) >= 11 is 0. The average molecular weight is 623 g/mol. The van der Waals surface area contributed by atoms with Gasteiger partial charge in [-0.15, -0.1) is 6.42 Å². The zero-order chi connectivity index (χ0) is 31.0. The average Bonchev–Trinajstić information content (AvgIpc) is 3.68. The number of piperazine rings is 1. The van der Waals surface area contributed by atoms with E-state index >= 15 is 4.39 Å². The van der Waals surface area contributed by atoms with Crippen molar-refractivity contribution < 1.29 is 14.2 Å². The fraction of sp³-hybridized carbons (Fsp3) is 0.568. The molecule has 4 saturated heterocycles. The van der Waals surface area contributed by atoms with Crippen molar-refractivity contribution in [1.29, 1.82) is 0 Å². The second-order valence-electron chi connectivity index (χ2n) is 14.8. The maximum atomic E-state index is 15.0. The number of terminal acetylenes is 1. The lowest BCUT2D eigenvalue weighted by Gasteiger charge is -2.38. The molecule has 240 valence electrons. The highest BCUT2D eigenvalue weighted by molar-refractivity contribution is 6.00. The van der Waals surface area contributed by atoms with Crippen LogP contribution in [0.15, 0.2) is 30.3 Å². The van der Waals surface area contributed by atoms with Crippen LogP contribution in [-0.2, 0) is 13.0 Å². The quantitative estimate of drug-likeness (QED) is 0.388. The highest BCUT2D eigenvalue weighted by Crippen LogP contribution is 2.51. The van der Waals surface area contributed by atoms with E-state index in [0.717, 1.165) is 66.0 Å². The number of aromatic nitrogens is 2. The maximum Gasteiger partial charge on any atom is 0.318 e. The minimum atomic E-state index is -0.804. The predicted molar refractivity (Wildman–Crippen MR) is 177 cm³/mol. The topological polar surface area (TPSA) is 77.0 Å².